The highest BCUT2D eigenvalue weighted by atomic mass is 35.5. The summed E-state index contributed by atoms with van der Waals surface area (Å²) in [7, 11) is 0. The summed E-state index contributed by atoms with van der Waals surface area (Å²) in [5.41, 5.74) is 6.69. The Kier molecular flexibility index (Phi) is 4.12. The molecule has 2 unspecified atom stereocenters. The number of hydrogen-bond acceptors (Lipinski definition) is 2. The van der Waals surface area contributed by atoms with Gasteiger partial charge in [0.2, 0.25) is 0 Å². The normalized spacial score (nSPS) is 23.7. The maximum absolute atomic E-state index is 12.2. The lowest BCUT2D eigenvalue weighted by molar-refractivity contribution is 0.0910. The number of benzene rings is 1. The van der Waals surface area contributed by atoms with E-state index in [-0.39, 0.29) is 11.9 Å². The van der Waals surface area contributed by atoms with Crippen LogP contribution < -0.4 is 11.1 Å². The van der Waals surface area contributed by atoms with Crippen LogP contribution in [0.1, 0.15) is 43.0 Å². The van der Waals surface area contributed by atoms with Gasteiger partial charge in [-0.2, -0.15) is 0 Å². The van der Waals surface area contributed by atoms with Crippen LogP contribution in [0.2, 0.25) is 5.02 Å². The van der Waals surface area contributed by atoms with Crippen molar-refractivity contribution in [3.63, 3.8) is 0 Å². The third-order valence-electron chi connectivity index (χ3n) is 3.67. The molecule has 4 heteroatoms. The van der Waals surface area contributed by atoms with Crippen LogP contribution in [-0.2, 0) is 0 Å². The molecule has 1 aromatic rings. The molecule has 1 aliphatic carbocycles. The van der Waals surface area contributed by atoms with Gasteiger partial charge in [-0.15, -0.1) is 0 Å². The third kappa shape index (κ3) is 2.96. The molecule has 1 amide bonds. The second-order valence-electron chi connectivity index (χ2n) is 5.08. The van der Waals surface area contributed by atoms with E-state index >= 15 is 0 Å². The molecule has 1 aromatic carbocycles. The Morgan fingerprint density at radius 3 is 2.78 bits per heavy atom. The van der Waals surface area contributed by atoms with E-state index in [1.807, 2.05) is 0 Å². The Labute approximate surface area is 113 Å². The van der Waals surface area contributed by atoms with Crippen LogP contribution in [-0.4, -0.2) is 11.9 Å². The van der Waals surface area contributed by atoms with E-state index in [9.17, 15) is 4.79 Å². The van der Waals surface area contributed by atoms with Gasteiger partial charge in [-0.05, 0) is 37.0 Å². The number of amides is 1. The van der Waals surface area contributed by atoms with E-state index in [2.05, 4.69) is 12.2 Å². The fourth-order valence-corrected chi connectivity index (χ4v) is 2.77. The molecule has 2 atom stereocenters. The van der Waals surface area contributed by atoms with Crippen LogP contribution in [0.4, 0.5) is 5.69 Å². The Hall–Kier alpha value is -1.22. The van der Waals surface area contributed by atoms with Crippen LogP contribution in [0.25, 0.3) is 0 Å². The van der Waals surface area contributed by atoms with Gasteiger partial charge in [0.25, 0.3) is 5.91 Å². The molecular weight excluding hydrogens is 248 g/mol. The largest absolute Gasteiger partial charge is 0.399 e. The molecule has 0 aliphatic heterocycles. The van der Waals surface area contributed by atoms with Crippen LogP contribution in [0.15, 0.2) is 18.2 Å². The number of hydrogen-bond donors (Lipinski definition) is 2. The number of carbonyl (C=O) groups is 1. The van der Waals surface area contributed by atoms with Crippen LogP contribution in [0, 0.1) is 5.92 Å². The Balaban J connectivity index is 2.07. The molecule has 0 heterocycles. The lowest BCUT2D eigenvalue weighted by Gasteiger charge is -2.29. The van der Waals surface area contributed by atoms with Gasteiger partial charge >= 0.3 is 0 Å². The van der Waals surface area contributed by atoms with Crippen molar-refractivity contribution in [2.45, 2.75) is 38.6 Å². The highest BCUT2D eigenvalue weighted by Crippen LogP contribution is 2.25. The van der Waals surface area contributed by atoms with Gasteiger partial charge in [0, 0.05) is 11.7 Å². The van der Waals surface area contributed by atoms with Crippen molar-refractivity contribution >= 4 is 23.2 Å². The van der Waals surface area contributed by atoms with Crippen molar-refractivity contribution in [1.82, 2.24) is 5.32 Å². The second-order valence-corrected chi connectivity index (χ2v) is 5.49. The molecule has 0 saturated heterocycles. The van der Waals surface area contributed by atoms with Crippen molar-refractivity contribution in [2.24, 2.45) is 5.92 Å². The number of nitrogen functional groups attached to an aromatic ring is 1. The summed E-state index contributed by atoms with van der Waals surface area (Å²) in [5.74, 6) is 0.439. The summed E-state index contributed by atoms with van der Waals surface area (Å²) in [6.07, 6.45) is 4.68. The first-order chi connectivity index (χ1) is 8.58. The summed E-state index contributed by atoms with van der Waals surface area (Å²) in [4.78, 5) is 12.2. The first kappa shape index (κ1) is 13.2. The SMILES string of the molecule is CC1CCCCC1NC(=O)c1ccc(N)cc1Cl. The monoisotopic (exact) mass is 266 g/mol. The van der Waals surface area contributed by atoms with Gasteiger partial charge in [0.1, 0.15) is 0 Å². The Morgan fingerprint density at radius 1 is 1.39 bits per heavy atom. The standard InChI is InChI=1S/C14H19ClN2O/c1-9-4-2-3-5-13(9)17-14(18)11-7-6-10(16)8-12(11)15/h6-9,13H,2-5,16H2,1H3,(H,17,18). The fourth-order valence-electron chi connectivity index (χ4n) is 2.49. The molecule has 0 aromatic heterocycles. The molecule has 98 valence electrons. The minimum atomic E-state index is -0.0984. The zero-order valence-corrected chi connectivity index (χ0v) is 11.3. The lowest BCUT2D eigenvalue weighted by atomic mass is 9.86. The van der Waals surface area contributed by atoms with Gasteiger partial charge in [-0.25, -0.2) is 0 Å². The molecule has 0 spiro atoms. The molecule has 1 saturated carbocycles. The minimum Gasteiger partial charge on any atom is -0.399 e. The molecular formula is C14H19ClN2O. The van der Waals surface area contributed by atoms with Crippen molar-refractivity contribution in [3.8, 4) is 0 Å². The summed E-state index contributed by atoms with van der Waals surface area (Å²) in [5, 5.41) is 3.49. The van der Waals surface area contributed by atoms with Crippen LogP contribution in [0.3, 0.4) is 0 Å². The molecule has 0 bridgehead atoms. The highest BCUT2D eigenvalue weighted by Gasteiger charge is 2.23. The number of carbonyl (C=O) groups excluding carboxylic acids is 1. The van der Waals surface area contributed by atoms with Crippen molar-refractivity contribution < 1.29 is 4.79 Å². The molecule has 1 aliphatic rings. The van der Waals surface area contributed by atoms with Gasteiger partial charge in [0.05, 0.1) is 10.6 Å². The van der Waals surface area contributed by atoms with Crippen molar-refractivity contribution in [3.05, 3.63) is 28.8 Å². The number of rotatable bonds is 2. The zero-order chi connectivity index (χ0) is 13.1. The summed E-state index contributed by atoms with van der Waals surface area (Å²) >= 11 is 6.04. The van der Waals surface area contributed by atoms with E-state index in [4.69, 9.17) is 17.3 Å². The molecule has 1 fully saturated rings. The average Bonchev–Trinajstić information content (AvgIpc) is 2.32. The van der Waals surface area contributed by atoms with Gasteiger partial charge in [-0.3, -0.25) is 4.79 Å². The average molecular weight is 267 g/mol. The third-order valence-corrected chi connectivity index (χ3v) is 3.98. The van der Waals surface area contributed by atoms with E-state index < -0.39 is 0 Å². The maximum Gasteiger partial charge on any atom is 0.253 e. The minimum absolute atomic E-state index is 0.0984. The van der Waals surface area contributed by atoms with E-state index in [1.54, 1.807) is 18.2 Å². The smallest absolute Gasteiger partial charge is 0.253 e. The van der Waals surface area contributed by atoms with Gasteiger partial charge in [-0.1, -0.05) is 31.4 Å². The zero-order valence-electron chi connectivity index (χ0n) is 10.6. The number of nitrogens with two attached hydrogens (primary N) is 1. The quantitative estimate of drug-likeness (QED) is 0.808. The topological polar surface area (TPSA) is 55.1 Å². The van der Waals surface area contributed by atoms with Gasteiger partial charge < -0.3 is 11.1 Å². The van der Waals surface area contributed by atoms with Crippen LogP contribution in [0.5, 0.6) is 0 Å². The second kappa shape index (κ2) is 5.61. The molecule has 18 heavy (non-hydrogen) atoms. The Bertz CT molecular complexity index is 447. The summed E-state index contributed by atoms with van der Waals surface area (Å²) in [6.45, 7) is 2.19. The summed E-state index contributed by atoms with van der Waals surface area (Å²) in [6, 6.07) is 5.26. The predicted octanol–water partition coefficient (Wildman–Crippen LogP) is 3.23. The predicted molar refractivity (Wildman–Crippen MR) is 74.8 cm³/mol. The number of anilines is 1. The summed E-state index contributed by atoms with van der Waals surface area (Å²) < 4.78 is 0. The molecule has 2 rings (SSSR count). The van der Waals surface area contributed by atoms with E-state index in [0.29, 0.717) is 22.2 Å². The highest BCUT2D eigenvalue weighted by molar-refractivity contribution is 6.34. The van der Waals surface area contributed by atoms with E-state index in [1.165, 1.54) is 19.3 Å². The van der Waals surface area contributed by atoms with Crippen molar-refractivity contribution in [2.75, 3.05) is 5.73 Å². The van der Waals surface area contributed by atoms with Crippen molar-refractivity contribution in [1.29, 1.82) is 0 Å². The Morgan fingerprint density at radius 2 is 2.11 bits per heavy atom. The molecule has 3 nitrogen and oxygen atoms in total. The fraction of sp³-hybridized carbons (Fsp3) is 0.500. The first-order valence-corrected chi connectivity index (χ1v) is 6.81. The number of nitrogens with one attached hydrogen (secondary N) is 1. The maximum atomic E-state index is 12.2. The van der Waals surface area contributed by atoms with E-state index in [0.717, 1.165) is 6.42 Å². The molecule has 3 N–H and O–H groups in total. The lowest BCUT2D eigenvalue weighted by Crippen LogP contribution is -2.41. The number of halogens is 1. The van der Waals surface area contributed by atoms with Gasteiger partial charge in [0.15, 0.2) is 0 Å². The first-order valence-electron chi connectivity index (χ1n) is 6.44. The molecule has 0 radical (unpaired) electrons. The van der Waals surface area contributed by atoms with Crippen LogP contribution >= 0.6 is 11.6 Å².